The molecule has 25 heavy (non-hydrogen) atoms. The zero-order chi connectivity index (χ0) is 17.8. The Morgan fingerprint density at radius 1 is 1.12 bits per heavy atom. The molecular formula is C21H27N3O. The van der Waals surface area contributed by atoms with Crippen LogP contribution in [0.5, 0.6) is 0 Å². The molecule has 1 saturated heterocycles. The minimum absolute atomic E-state index is 0.0927. The first-order valence-electron chi connectivity index (χ1n) is 8.94. The predicted octanol–water partition coefficient (Wildman–Crippen LogP) is 3.43. The normalized spacial score (nSPS) is 15.2. The lowest BCUT2D eigenvalue weighted by atomic mass is 9.90. The van der Waals surface area contributed by atoms with Crippen molar-refractivity contribution in [2.24, 2.45) is 5.92 Å². The summed E-state index contributed by atoms with van der Waals surface area (Å²) in [6.45, 7) is 1.65. The summed E-state index contributed by atoms with van der Waals surface area (Å²) in [5, 5.41) is 0. The van der Waals surface area contributed by atoms with Crippen LogP contribution in [0.15, 0.2) is 48.5 Å². The maximum atomic E-state index is 12.8. The molecule has 2 aromatic rings. The fourth-order valence-corrected chi connectivity index (χ4v) is 3.56. The lowest BCUT2D eigenvalue weighted by Gasteiger charge is -2.32. The molecule has 1 aliphatic rings. The second-order valence-electron chi connectivity index (χ2n) is 7.09. The minimum Gasteiger partial charge on any atom is -0.397 e. The molecule has 4 heteroatoms. The van der Waals surface area contributed by atoms with E-state index < -0.39 is 0 Å². The number of carbonyl (C=O) groups is 1. The van der Waals surface area contributed by atoms with Gasteiger partial charge in [0.05, 0.1) is 11.4 Å². The quantitative estimate of drug-likeness (QED) is 0.870. The SMILES string of the molecule is CN(C)c1ccc(C(=O)N2CCC(Cc3ccccc3)CC2)cc1N. The van der Waals surface area contributed by atoms with E-state index in [1.165, 1.54) is 5.56 Å². The summed E-state index contributed by atoms with van der Waals surface area (Å²) in [7, 11) is 3.90. The maximum absolute atomic E-state index is 12.8. The Labute approximate surface area is 150 Å². The number of hydrogen-bond acceptors (Lipinski definition) is 3. The number of nitrogen functional groups attached to an aromatic ring is 1. The van der Waals surface area contributed by atoms with Crippen molar-refractivity contribution in [1.29, 1.82) is 0 Å². The molecule has 1 amide bonds. The van der Waals surface area contributed by atoms with E-state index in [1.807, 2.05) is 36.0 Å². The Morgan fingerprint density at radius 3 is 2.40 bits per heavy atom. The van der Waals surface area contributed by atoms with Crippen molar-refractivity contribution in [3.63, 3.8) is 0 Å². The third-order valence-electron chi connectivity index (χ3n) is 5.03. The monoisotopic (exact) mass is 337 g/mol. The molecule has 0 unspecified atom stereocenters. The van der Waals surface area contributed by atoms with Crippen LogP contribution in [0.25, 0.3) is 0 Å². The van der Waals surface area contributed by atoms with Crippen LogP contribution in [-0.4, -0.2) is 38.0 Å². The summed E-state index contributed by atoms with van der Waals surface area (Å²) in [5.74, 6) is 0.753. The van der Waals surface area contributed by atoms with Gasteiger partial charge in [-0.2, -0.15) is 0 Å². The first-order valence-corrected chi connectivity index (χ1v) is 8.94. The summed E-state index contributed by atoms with van der Waals surface area (Å²) >= 11 is 0. The molecule has 1 fully saturated rings. The van der Waals surface area contributed by atoms with Gasteiger partial charge in [-0.3, -0.25) is 4.79 Å². The standard InChI is InChI=1S/C21H27N3O/c1-23(2)20-9-8-18(15-19(20)22)21(25)24-12-10-17(11-13-24)14-16-6-4-3-5-7-16/h3-9,15,17H,10-14,22H2,1-2H3. The first kappa shape index (κ1) is 17.3. The predicted molar refractivity (Wildman–Crippen MR) is 104 cm³/mol. The molecule has 0 radical (unpaired) electrons. The molecule has 1 heterocycles. The summed E-state index contributed by atoms with van der Waals surface area (Å²) in [4.78, 5) is 16.7. The molecule has 2 N–H and O–H groups in total. The molecule has 0 spiro atoms. The van der Waals surface area contributed by atoms with Crippen LogP contribution in [0, 0.1) is 5.92 Å². The number of likely N-dealkylation sites (tertiary alicyclic amines) is 1. The Morgan fingerprint density at radius 2 is 1.80 bits per heavy atom. The van der Waals surface area contributed by atoms with Crippen LogP contribution in [0.2, 0.25) is 0 Å². The molecule has 0 saturated carbocycles. The molecule has 0 bridgehead atoms. The number of anilines is 2. The van der Waals surface area contributed by atoms with Gasteiger partial charge in [0.25, 0.3) is 5.91 Å². The Bertz CT molecular complexity index is 719. The van der Waals surface area contributed by atoms with Gasteiger partial charge in [0.1, 0.15) is 0 Å². The van der Waals surface area contributed by atoms with Gasteiger partial charge in [0, 0.05) is 32.7 Å². The molecule has 4 nitrogen and oxygen atoms in total. The molecule has 1 aliphatic heterocycles. The van der Waals surface area contributed by atoms with Crippen LogP contribution in [-0.2, 0) is 6.42 Å². The van der Waals surface area contributed by atoms with Crippen LogP contribution in [0.3, 0.4) is 0 Å². The Kier molecular flexibility index (Phi) is 5.27. The van der Waals surface area contributed by atoms with Gasteiger partial charge in [-0.1, -0.05) is 30.3 Å². The maximum Gasteiger partial charge on any atom is 0.253 e. The van der Waals surface area contributed by atoms with Crippen molar-refractivity contribution in [2.75, 3.05) is 37.8 Å². The third kappa shape index (κ3) is 4.13. The van der Waals surface area contributed by atoms with Crippen molar-refractivity contribution in [2.45, 2.75) is 19.3 Å². The van der Waals surface area contributed by atoms with Crippen LogP contribution in [0.4, 0.5) is 11.4 Å². The first-order chi connectivity index (χ1) is 12.0. The Hall–Kier alpha value is -2.49. The van der Waals surface area contributed by atoms with Gasteiger partial charge in [-0.25, -0.2) is 0 Å². The van der Waals surface area contributed by atoms with Gasteiger partial charge in [-0.05, 0) is 48.9 Å². The fraction of sp³-hybridized carbons (Fsp3) is 0.381. The zero-order valence-corrected chi connectivity index (χ0v) is 15.1. The summed E-state index contributed by atoms with van der Waals surface area (Å²) in [6, 6.07) is 16.2. The van der Waals surface area contributed by atoms with Crippen LogP contribution in [0.1, 0.15) is 28.8 Å². The van der Waals surface area contributed by atoms with E-state index in [0.29, 0.717) is 17.2 Å². The molecule has 0 aliphatic carbocycles. The molecule has 0 atom stereocenters. The number of carbonyl (C=O) groups excluding carboxylic acids is 1. The highest BCUT2D eigenvalue weighted by atomic mass is 16.2. The lowest BCUT2D eigenvalue weighted by molar-refractivity contribution is 0.0690. The molecule has 3 rings (SSSR count). The average molecular weight is 337 g/mol. The van der Waals surface area contributed by atoms with E-state index in [1.54, 1.807) is 6.07 Å². The number of hydrogen-bond donors (Lipinski definition) is 1. The molecule has 132 valence electrons. The Balaban J connectivity index is 1.59. The van der Waals surface area contributed by atoms with Crippen molar-refractivity contribution >= 4 is 17.3 Å². The summed E-state index contributed by atoms with van der Waals surface area (Å²) in [5.41, 5.74) is 9.75. The number of nitrogens with two attached hydrogens (primary N) is 1. The second kappa shape index (κ2) is 7.60. The van der Waals surface area contributed by atoms with E-state index in [4.69, 9.17) is 5.73 Å². The largest absolute Gasteiger partial charge is 0.397 e. The smallest absolute Gasteiger partial charge is 0.253 e. The van der Waals surface area contributed by atoms with Crippen LogP contribution >= 0.6 is 0 Å². The van der Waals surface area contributed by atoms with E-state index >= 15 is 0 Å². The number of nitrogens with zero attached hydrogens (tertiary/aromatic N) is 2. The van der Waals surface area contributed by atoms with Gasteiger partial charge in [0.15, 0.2) is 0 Å². The summed E-state index contributed by atoms with van der Waals surface area (Å²) in [6.07, 6.45) is 3.23. The number of benzene rings is 2. The minimum atomic E-state index is 0.0927. The molecular weight excluding hydrogens is 310 g/mol. The zero-order valence-electron chi connectivity index (χ0n) is 15.1. The van der Waals surface area contributed by atoms with E-state index in [9.17, 15) is 4.79 Å². The van der Waals surface area contributed by atoms with Crippen LogP contribution < -0.4 is 10.6 Å². The highest BCUT2D eigenvalue weighted by Gasteiger charge is 2.24. The third-order valence-corrected chi connectivity index (χ3v) is 5.03. The number of rotatable bonds is 4. The van der Waals surface area contributed by atoms with Crippen molar-refractivity contribution in [3.8, 4) is 0 Å². The number of piperidine rings is 1. The summed E-state index contributed by atoms with van der Waals surface area (Å²) < 4.78 is 0. The second-order valence-corrected chi connectivity index (χ2v) is 7.09. The average Bonchev–Trinajstić information content (AvgIpc) is 2.62. The van der Waals surface area contributed by atoms with E-state index in [-0.39, 0.29) is 5.91 Å². The topological polar surface area (TPSA) is 49.6 Å². The van der Waals surface area contributed by atoms with Crippen molar-refractivity contribution in [1.82, 2.24) is 4.90 Å². The van der Waals surface area contributed by atoms with Gasteiger partial charge in [-0.15, -0.1) is 0 Å². The highest BCUT2D eigenvalue weighted by molar-refractivity contribution is 5.96. The number of amides is 1. The fourth-order valence-electron chi connectivity index (χ4n) is 3.56. The molecule has 2 aromatic carbocycles. The van der Waals surface area contributed by atoms with Crippen molar-refractivity contribution < 1.29 is 4.79 Å². The van der Waals surface area contributed by atoms with E-state index in [2.05, 4.69) is 30.3 Å². The van der Waals surface area contributed by atoms with Crippen molar-refractivity contribution in [3.05, 3.63) is 59.7 Å². The lowest BCUT2D eigenvalue weighted by Crippen LogP contribution is -2.39. The van der Waals surface area contributed by atoms with Gasteiger partial charge >= 0.3 is 0 Å². The highest BCUT2D eigenvalue weighted by Crippen LogP contribution is 2.26. The van der Waals surface area contributed by atoms with Gasteiger partial charge < -0.3 is 15.5 Å². The van der Waals surface area contributed by atoms with Gasteiger partial charge in [0.2, 0.25) is 0 Å². The van der Waals surface area contributed by atoms with E-state index in [0.717, 1.165) is 38.0 Å². The molecule has 0 aromatic heterocycles.